The number of alkyl halides is 2. The molecule has 1 aliphatic heterocycles. The van der Waals surface area contributed by atoms with E-state index in [1.807, 2.05) is 0 Å². The number of rotatable bonds is 4. The molecule has 2 heterocycles. The van der Waals surface area contributed by atoms with Gasteiger partial charge in [-0.15, -0.1) is 0 Å². The number of ether oxygens (including phenoxy) is 1. The fraction of sp³-hybridized carbons (Fsp3) is 0.385. The first-order valence-corrected chi connectivity index (χ1v) is 6.34. The number of halogens is 2. The molecule has 0 amide bonds. The summed E-state index contributed by atoms with van der Waals surface area (Å²) in [4.78, 5) is 4.30. The third-order valence-electron chi connectivity index (χ3n) is 3.12. The highest BCUT2D eigenvalue weighted by atomic mass is 19.3. The van der Waals surface area contributed by atoms with Crippen molar-refractivity contribution in [2.75, 3.05) is 6.54 Å². The molecule has 7 heteroatoms. The lowest BCUT2D eigenvalue weighted by atomic mass is 10.2. The Hall–Kier alpha value is -2.02. The molecule has 1 aromatic carbocycles. The predicted molar refractivity (Wildman–Crippen MR) is 66.3 cm³/mol. The van der Waals surface area contributed by atoms with Crippen molar-refractivity contribution >= 4 is 0 Å². The summed E-state index contributed by atoms with van der Waals surface area (Å²) in [5.41, 5.74) is 0.555. The van der Waals surface area contributed by atoms with Crippen LogP contribution in [0, 0.1) is 0 Å². The molecule has 3 rings (SSSR count). The fourth-order valence-electron chi connectivity index (χ4n) is 2.20. The van der Waals surface area contributed by atoms with Crippen molar-refractivity contribution < 1.29 is 18.0 Å². The smallest absolute Gasteiger partial charge is 0.387 e. The van der Waals surface area contributed by atoms with Crippen molar-refractivity contribution in [2.45, 2.75) is 25.5 Å². The topological polar surface area (TPSA) is 60.2 Å². The standard InChI is InChI=1S/C13H13F2N3O2/c14-13(15)19-9-4-1-3-8(7-9)12-17-11(18-20-12)10-5-2-6-16-10/h1,3-4,7,10,13,16H,2,5-6H2. The summed E-state index contributed by atoms with van der Waals surface area (Å²) in [6, 6.07) is 6.31. The SMILES string of the molecule is FC(F)Oc1cccc(-c2nc(C3CCCN3)no2)c1. The Kier molecular flexibility index (Phi) is 3.60. The maximum atomic E-state index is 12.2. The molecule has 1 fully saturated rings. The summed E-state index contributed by atoms with van der Waals surface area (Å²) in [5.74, 6) is 0.960. The van der Waals surface area contributed by atoms with Crippen LogP contribution in [-0.4, -0.2) is 23.3 Å². The minimum atomic E-state index is -2.86. The van der Waals surface area contributed by atoms with Crippen LogP contribution in [0.1, 0.15) is 24.7 Å². The highest BCUT2D eigenvalue weighted by molar-refractivity contribution is 5.55. The van der Waals surface area contributed by atoms with E-state index in [1.165, 1.54) is 12.1 Å². The molecule has 0 bridgehead atoms. The molecule has 1 unspecified atom stereocenters. The molecule has 1 saturated heterocycles. The monoisotopic (exact) mass is 281 g/mol. The summed E-state index contributed by atoms with van der Waals surface area (Å²) in [5, 5.41) is 7.19. The molecule has 20 heavy (non-hydrogen) atoms. The number of benzene rings is 1. The molecule has 1 N–H and O–H groups in total. The van der Waals surface area contributed by atoms with Gasteiger partial charge in [-0.2, -0.15) is 13.8 Å². The molecule has 0 aliphatic carbocycles. The summed E-state index contributed by atoms with van der Waals surface area (Å²) in [6.45, 7) is -1.92. The minimum Gasteiger partial charge on any atom is -0.435 e. The van der Waals surface area contributed by atoms with E-state index < -0.39 is 6.61 Å². The number of nitrogens with zero attached hydrogens (tertiary/aromatic N) is 2. The average Bonchev–Trinajstić information content (AvgIpc) is 3.09. The van der Waals surface area contributed by atoms with Crippen LogP contribution < -0.4 is 10.1 Å². The maximum absolute atomic E-state index is 12.2. The van der Waals surface area contributed by atoms with Crippen LogP contribution in [0.15, 0.2) is 28.8 Å². The molecule has 1 aromatic heterocycles. The number of nitrogens with one attached hydrogen (secondary N) is 1. The van der Waals surface area contributed by atoms with Gasteiger partial charge in [-0.1, -0.05) is 11.2 Å². The van der Waals surface area contributed by atoms with Gasteiger partial charge in [0.05, 0.1) is 6.04 Å². The molecule has 0 radical (unpaired) electrons. The van der Waals surface area contributed by atoms with Gasteiger partial charge in [-0.3, -0.25) is 0 Å². The first-order valence-electron chi connectivity index (χ1n) is 6.34. The fourth-order valence-corrected chi connectivity index (χ4v) is 2.20. The van der Waals surface area contributed by atoms with Crippen molar-refractivity contribution in [1.29, 1.82) is 0 Å². The first-order chi connectivity index (χ1) is 9.72. The Bertz CT molecular complexity index is 583. The molecule has 106 valence electrons. The first kappa shape index (κ1) is 13.0. The molecule has 2 aromatic rings. The third kappa shape index (κ3) is 2.77. The molecular weight excluding hydrogens is 268 g/mol. The van der Waals surface area contributed by atoms with Gasteiger partial charge >= 0.3 is 6.61 Å². The summed E-state index contributed by atoms with van der Waals surface area (Å²) in [7, 11) is 0. The highest BCUT2D eigenvalue weighted by Gasteiger charge is 2.22. The van der Waals surface area contributed by atoms with E-state index >= 15 is 0 Å². The maximum Gasteiger partial charge on any atom is 0.387 e. The van der Waals surface area contributed by atoms with Crippen LogP contribution in [0.3, 0.4) is 0 Å². The van der Waals surface area contributed by atoms with E-state index in [0.29, 0.717) is 17.3 Å². The zero-order valence-electron chi connectivity index (χ0n) is 10.6. The summed E-state index contributed by atoms with van der Waals surface area (Å²) < 4.78 is 33.9. The van der Waals surface area contributed by atoms with Crippen LogP contribution in [-0.2, 0) is 0 Å². The number of hydrogen-bond donors (Lipinski definition) is 1. The zero-order chi connectivity index (χ0) is 13.9. The van der Waals surface area contributed by atoms with Crippen LogP contribution >= 0.6 is 0 Å². The molecular formula is C13H13F2N3O2. The lowest BCUT2D eigenvalue weighted by molar-refractivity contribution is -0.0498. The number of hydrogen-bond acceptors (Lipinski definition) is 5. The van der Waals surface area contributed by atoms with Crippen LogP contribution in [0.4, 0.5) is 8.78 Å². The lowest BCUT2D eigenvalue weighted by Crippen LogP contribution is -2.14. The van der Waals surface area contributed by atoms with Crippen molar-refractivity contribution in [3.8, 4) is 17.2 Å². The van der Waals surface area contributed by atoms with Gasteiger partial charge in [-0.25, -0.2) is 0 Å². The second-order valence-electron chi connectivity index (χ2n) is 4.51. The van der Waals surface area contributed by atoms with Gasteiger partial charge in [0.2, 0.25) is 0 Å². The van der Waals surface area contributed by atoms with Crippen molar-refractivity contribution in [3.05, 3.63) is 30.1 Å². The summed E-state index contributed by atoms with van der Waals surface area (Å²) >= 11 is 0. The Morgan fingerprint density at radius 1 is 1.40 bits per heavy atom. The Balaban J connectivity index is 1.81. The van der Waals surface area contributed by atoms with Gasteiger partial charge in [0.15, 0.2) is 5.82 Å². The van der Waals surface area contributed by atoms with Gasteiger partial charge in [0.1, 0.15) is 5.75 Å². The molecule has 1 atom stereocenters. The largest absolute Gasteiger partial charge is 0.435 e. The van der Waals surface area contributed by atoms with Crippen LogP contribution in [0.2, 0.25) is 0 Å². The average molecular weight is 281 g/mol. The second-order valence-corrected chi connectivity index (χ2v) is 4.51. The lowest BCUT2D eigenvalue weighted by Gasteiger charge is -2.04. The molecule has 1 aliphatic rings. The molecule has 0 spiro atoms. The van der Waals surface area contributed by atoms with E-state index in [0.717, 1.165) is 19.4 Å². The van der Waals surface area contributed by atoms with E-state index in [1.54, 1.807) is 12.1 Å². The van der Waals surface area contributed by atoms with Crippen LogP contribution in [0.25, 0.3) is 11.5 Å². The predicted octanol–water partition coefficient (Wildman–Crippen LogP) is 2.76. The normalized spacial score (nSPS) is 18.6. The van der Waals surface area contributed by atoms with E-state index in [4.69, 9.17) is 4.52 Å². The Morgan fingerprint density at radius 3 is 3.05 bits per heavy atom. The van der Waals surface area contributed by atoms with E-state index in [9.17, 15) is 8.78 Å². The van der Waals surface area contributed by atoms with Crippen molar-refractivity contribution in [2.24, 2.45) is 0 Å². The molecule has 5 nitrogen and oxygen atoms in total. The molecule has 0 saturated carbocycles. The zero-order valence-corrected chi connectivity index (χ0v) is 10.6. The van der Waals surface area contributed by atoms with Crippen molar-refractivity contribution in [3.63, 3.8) is 0 Å². The number of aromatic nitrogens is 2. The van der Waals surface area contributed by atoms with E-state index in [2.05, 4.69) is 20.2 Å². The van der Waals surface area contributed by atoms with Gasteiger partial charge in [-0.05, 0) is 37.6 Å². The third-order valence-corrected chi connectivity index (χ3v) is 3.12. The van der Waals surface area contributed by atoms with Gasteiger partial charge in [0.25, 0.3) is 5.89 Å². The van der Waals surface area contributed by atoms with Crippen molar-refractivity contribution in [1.82, 2.24) is 15.5 Å². The summed E-state index contributed by atoms with van der Waals surface area (Å²) in [6.07, 6.45) is 2.04. The van der Waals surface area contributed by atoms with E-state index in [-0.39, 0.29) is 11.8 Å². The quantitative estimate of drug-likeness (QED) is 0.933. The van der Waals surface area contributed by atoms with Gasteiger partial charge in [0, 0.05) is 5.56 Å². The van der Waals surface area contributed by atoms with Crippen LogP contribution in [0.5, 0.6) is 5.75 Å². The Labute approximate surface area is 113 Å². The van der Waals surface area contributed by atoms with Gasteiger partial charge < -0.3 is 14.6 Å². The minimum absolute atomic E-state index is 0.0660. The Morgan fingerprint density at radius 2 is 2.30 bits per heavy atom. The second kappa shape index (κ2) is 5.54. The highest BCUT2D eigenvalue weighted by Crippen LogP contribution is 2.26.